The number of cyclic esters (lactones) is 1. The summed E-state index contributed by atoms with van der Waals surface area (Å²) in [6.45, 7) is 6.21. The Hall–Kier alpha value is -1.02. The topological polar surface area (TPSA) is 53.1 Å². The monoisotopic (exact) mass is 387 g/mol. The van der Waals surface area contributed by atoms with Crippen LogP contribution in [-0.2, 0) is 9.53 Å². The van der Waals surface area contributed by atoms with Gasteiger partial charge in [0.2, 0.25) is 5.91 Å². The zero-order chi connectivity index (χ0) is 18.6. The fourth-order valence-electron chi connectivity index (χ4n) is 3.38. The number of carbonyl (C=O) groups is 2. The van der Waals surface area contributed by atoms with Crippen molar-refractivity contribution in [1.82, 2.24) is 14.7 Å². The third kappa shape index (κ3) is 5.48. The first kappa shape index (κ1) is 20.3. The number of piperidine rings is 1. The van der Waals surface area contributed by atoms with Crippen LogP contribution >= 0.6 is 24.0 Å². The fourth-order valence-corrected chi connectivity index (χ4v) is 4.25. The van der Waals surface area contributed by atoms with Crippen molar-refractivity contribution in [2.75, 3.05) is 39.5 Å². The fraction of sp³-hybridized carbons (Fsp3) is 0.824. The molecule has 0 unspecified atom stereocenters. The predicted molar refractivity (Wildman–Crippen MR) is 105 cm³/mol. The van der Waals surface area contributed by atoms with E-state index in [1.807, 2.05) is 28.8 Å². The van der Waals surface area contributed by atoms with Crippen LogP contribution in [0.3, 0.4) is 0 Å². The molecule has 0 N–H and O–H groups in total. The summed E-state index contributed by atoms with van der Waals surface area (Å²) in [5.41, 5.74) is 0. The quantitative estimate of drug-likeness (QED) is 0.676. The zero-order valence-electron chi connectivity index (χ0n) is 15.6. The SMILES string of the molecule is CC(C)C[C@H]1COC(=O)N1C1CCN(C(=O)CSC(=S)N(C)C)CC1. The lowest BCUT2D eigenvalue weighted by atomic mass is 9.98. The van der Waals surface area contributed by atoms with Gasteiger partial charge in [-0.1, -0.05) is 37.8 Å². The van der Waals surface area contributed by atoms with Crippen molar-refractivity contribution in [2.45, 2.75) is 45.2 Å². The molecule has 2 rings (SSSR count). The normalized spacial score (nSPS) is 21.6. The Labute approximate surface area is 160 Å². The second-order valence-electron chi connectivity index (χ2n) is 7.33. The smallest absolute Gasteiger partial charge is 0.410 e. The summed E-state index contributed by atoms with van der Waals surface area (Å²) < 4.78 is 6.00. The van der Waals surface area contributed by atoms with Crippen molar-refractivity contribution in [2.24, 2.45) is 5.92 Å². The zero-order valence-corrected chi connectivity index (χ0v) is 17.2. The predicted octanol–water partition coefficient (Wildman–Crippen LogP) is 2.42. The lowest BCUT2D eigenvalue weighted by molar-refractivity contribution is -0.129. The van der Waals surface area contributed by atoms with Crippen LogP contribution in [0.4, 0.5) is 4.79 Å². The molecule has 0 saturated carbocycles. The van der Waals surface area contributed by atoms with Crippen molar-refractivity contribution < 1.29 is 14.3 Å². The van der Waals surface area contributed by atoms with E-state index in [4.69, 9.17) is 17.0 Å². The Kier molecular flexibility index (Phi) is 7.37. The molecule has 0 bridgehead atoms. The molecule has 2 aliphatic rings. The lowest BCUT2D eigenvalue weighted by Crippen LogP contribution is -2.50. The van der Waals surface area contributed by atoms with Crippen molar-refractivity contribution in [3.63, 3.8) is 0 Å². The number of ether oxygens (including phenoxy) is 1. The summed E-state index contributed by atoms with van der Waals surface area (Å²) in [7, 11) is 3.77. The van der Waals surface area contributed by atoms with E-state index in [2.05, 4.69) is 13.8 Å². The average molecular weight is 388 g/mol. The molecule has 2 heterocycles. The summed E-state index contributed by atoms with van der Waals surface area (Å²) in [6, 6.07) is 0.353. The van der Waals surface area contributed by atoms with E-state index < -0.39 is 0 Å². The van der Waals surface area contributed by atoms with Gasteiger partial charge in [-0.05, 0) is 25.2 Å². The van der Waals surface area contributed by atoms with Gasteiger partial charge in [-0.2, -0.15) is 0 Å². The highest BCUT2D eigenvalue weighted by atomic mass is 32.2. The van der Waals surface area contributed by atoms with Gasteiger partial charge >= 0.3 is 6.09 Å². The summed E-state index contributed by atoms with van der Waals surface area (Å²) >= 11 is 6.61. The molecule has 2 aliphatic heterocycles. The minimum Gasteiger partial charge on any atom is -0.447 e. The van der Waals surface area contributed by atoms with Crippen LogP contribution in [0.5, 0.6) is 0 Å². The minimum absolute atomic E-state index is 0.121. The highest BCUT2D eigenvalue weighted by molar-refractivity contribution is 8.23. The van der Waals surface area contributed by atoms with E-state index in [1.165, 1.54) is 11.8 Å². The maximum absolute atomic E-state index is 12.3. The Morgan fingerprint density at radius 1 is 1.36 bits per heavy atom. The Bertz CT molecular complexity index is 505. The number of amides is 2. The Morgan fingerprint density at radius 3 is 2.56 bits per heavy atom. The largest absolute Gasteiger partial charge is 0.447 e. The lowest BCUT2D eigenvalue weighted by Gasteiger charge is -2.38. The van der Waals surface area contributed by atoms with Crippen molar-refractivity contribution >= 4 is 40.3 Å². The van der Waals surface area contributed by atoms with E-state index in [9.17, 15) is 9.59 Å². The molecular formula is C17H29N3O3S2. The summed E-state index contributed by atoms with van der Waals surface area (Å²) in [5, 5.41) is 0. The van der Waals surface area contributed by atoms with Gasteiger partial charge < -0.3 is 14.5 Å². The minimum atomic E-state index is -0.192. The Morgan fingerprint density at radius 2 is 2.00 bits per heavy atom. The molecule has 2 saturated heterocycles. The van der Waals surface area contributed by atoms with Gasteiger partial charge in [0.05, 0.1) is 11.8 Å². The van der Waals surface area contributed by atoms with E-state index in [1.54, 1.807) is 0 Å². The molecule has 6 nitrogen and oxygen atoms in total. The molecule has 0 spiro atoms. The van der Waals surface area contributed by atoms with Gasteiger partial charge in [-0.25, -0.2) is 4.79 Å². The molecule has 25 heavy (non-hydrogen) atoms. The number of hydrogen-bond acceptors (Lipinski definition) is 5. The van der Waals surface area contributed by atoms with E-state index in [-0.39, 0.29) is 24.1 Å². The van der Waals surface area contributed by atoms with Crippen LogP contribution in [0.15, 0.2) is 0 Å². The van der Waals surface area contributed by atoms with E-state index in [0.717, 1.165) is 23.6 Å². The van der Waals surface area contributed by atoms with Crippen LogP contribution in [-0.4, -0.2) is 82.6 Å². The van der Waals surface area contributed by atoms with Crippen LogP contribution < -0.4 is 0 Å². The van der Waals surface area contributed by atoms with Gasteiger partial charge in [-0.15, -0.1) is 0 Å². The molecular weight excluding hydrogens is 358 g/mol. The van der Waals surface area contributed by atoms with Crippen LogP contribution in [0.2, 0.25) is 0 Å². The highest BCUT2D eigenvalue weighted by Crippen LogP contribution is 2.27. The molecule has 0 aliphatic carbocycles. The standard InChI is InChI=1S/C17H29N3O3S2/c1-12(2)9-14-10-23-16(22)20(14)13-5-7-19(8-6-13)15(21)11-25-17(24)18(3)4/h12-14H,5-11H2,1-4H3/t14-/m0/s1. The molecule has 0 aromatic carbocycles. The molecule has 142 valence electrons. The second kappa shape index (κ2) is 9.07. The maximum atomic E-state index is 12.3. The molecule has 2 amide bonds. The number of carbonyl (C=O) groups excluding carboxylic acids is 2. The first-order valence-electron chi connectivity index (χ1n) is 8.86. The molecule has 1 atom stereocenters. The third-order valence-electron chi connectivity index (χ3n) is 4.64. The van der Waals surface area contributed by atoms with Crippen molar-refractivity contribution in [3.8, 4) is 0 Å². The summed E-state index contributed by atoms with van der Waals surface area (Å²) in [5.74, 6) is 1.03. The first-order valence-corrected chi connectivity index (χ1v) is 10.3. The first-order chi connectivity index (χ1) is 11.8. The van der Waals surface area contributed by atoms with Crippen LogP contribution in [0.1, 0.15) is 33.1 Å². The van der Waals surface area contributed by atoms with Gasteiger partial charge in [-0.3, -0.25) is 9.69 Å². The second-order valence-corrected chi connectivity index (χ2v) is 8.94. The third-order valence-corrected chi connectivity index (χ3v) is 6.36. The molecule has 0 aromatic rings. The average Bonchev–Trinajstić information content (AvgIpc) is 2.92. The summed E-state index contributed by atoms with van der Waals surface area (Å²) in [4.78, 5) is 30.1. The molecule has 8 heteroatoms. The number of thiocarbonyl (C=S) groups is 1. The van der Waals surface area contributed by atoms with Gasteiger partial charge in [0, 0.05) is 33.2 Å². The highest BCUT2D eigenvalue weighted by Gasteiger charge is 2.39. The summed E-state index contributed by atoms with van der Waals surface area (Å²) in [6.07, 6.45) is 2.40. The van der Waals surface area contributed by atoms with Gasteiger partial charge in [0.1, 0.15) is 10.9 Å². The van der Waals surface area contributed by atoms with Crippen molar-refractivity contribution in [3.05, 3.63) is 0 Å². The number of hydrogen-bond donors (Lipinski definition) is 0. The number of nitrogens with zero attached hydrogens (tertiary/aromatic N) is 3. The van der Waals surface area contributed by atoms with E-state index >= 15 is 0 Å². The van der Waals surface area contributed by atoms with Crippen LogP contribution in [0, 0.1) is 5.92 Å². The van der Waals surface area contributed by atoms with E-state index in [0.29, 0.717) is 31.4 Å². The van der Waals surface area contributed by atoms with Gasteiger partial charge in [0.15, 0.2) is 0 Å². The number of rotatable bonds is 5. The van der Waals surface area contributed by atoms with Crippen LogP contribution in [0.25, 0.3) is 0 Å². The molecule has 0 aromatic heterocycles. The maximum Gasteiger partial charge on any atom is 0.410 e. The number of likely N-dealkylation sites (tertiary alicyclic amines) is 1. The number of thioether (sulfide) groups is 1. The molecule has 0 radical (unpaired) electrons. The molecule has 2 fully saturated rings. The Balaban J connectivity index is 1.83. The van der Waals surface area contributed by atoms with Crippen molar-refractivity contribution in [1.29, 1.82) is 0 Å². The van der Waals surface area contributed by atoms with Gasteiger partial charge in [0.25, 0.3) is 0 Å².